The molecule has 0 saturated carbocycles. The standard InChI is InChI=1S/C18H20ClFN2O2/c1-12(18(23)21-17-8-7-14(20)10-16(17)19)22(2)11-13-5-4-6-15(9-13)24-3/h4-10,12H,11H2,1-3H3,(H,21,23)/p+1/t12-/m1/s1. The van der Waals surface area contributed by atoms with Crippen LogP contribution >= 0.6 is 11.6 Å². The molecule has 0 spiro atoms. The summed E-state index contributed by atoms with van der Waals surface area (Å²) < 4.78 is 18.3. The quantitative estimate of drug-likeness (QED) is 0.840. The van der Waals surface area contributed by atoms with E-state index < -0.39 is 5.82 Å². The van der Waals surface area contributed by atoms with Crippen LogP contribution in [0.5, 0.6) is 5.75 Å². The first-order chi connectivity index (χ1) is 11.4. The van der Waals surface area contributed by atoms with Gasteiger partial charge < -0.3 is 15.0 Å². The van der Waals surface area contributed by atoms with Gasteiger partial charge in [0.2, 0.25) is 0 Å². The number of hydrogen-bond acceptors (Lipinski definition) is 2. The molecule has 2 aromatic rings. The number of methoxy groups -OCH3 is 1. The second kappa shape index (κ2) is 8.13. The van der Waals surface area contributed by atoms with E-state index in [1.54, 1.807) is 7.11 Å². The van der Waals surface area contributed by atoms with Crippen LogP contribution in [0, 0.1) is 5.82 Å². The lowest BCUT2D eigenvalue weighted by molar-refractivity contribution is -0.907. The molecule has 6 heteroatoms. The first-order valence-corrected chi connectivity index (χ1v) is 7.99. The minimum Gasteiger partial charge on any atom is -0.497 e. The Labute approximate surface area is 146 Å². The van der Waals surface area contributed by atoms with E-state index in [4.69, 9.17) is 16.3 Å². The molecule has 0 aliphatic carbocycles. The van der Waals surface area contributed by atoms with Crippen molar-refractivity contribution in [3.63, 3.8) is 0 Å². The molecule has 1 amide bonds. The fourth-order valence-corrected chi connectivity index (χ4v) is 2.53. The van der Waals surface area contributed by atoms with Crippen LogP contribution < -0.4 is 15.0 Å². The van der Waals surface area contributed by atoms with Crippen molar-refractivity contribution in [1.29, 1.82) is 0 Å². The smallest absolute Gasteiger partial charge is 0.282 e. The average molecular weight is 352 g/mol. The van der Waals surface area contributed by atoms with Crippen LogP contribution in [-0.2, 0) is 11.3 Å². The maximum Gasteiger partial charge on any atom is 0.282 e. The first-order valence-electron chi connectivity index (χ1n) is 7.62. The molecule has 0 aliphatic rings. The van der Waals surface area contributed by atoms with Gasteiger partial charge in [-0.1, -0.05) is 23.7 Å². The number of benzene rings is 2. The number of amides is 1. The molecule has 0 radical (unpaired) electrons. The minimum atomic E-state index is -0.438. The third kappa shape index (κ3) is 4.69. The van der Waals surface area contributed by atoms with Crippen LogP contribution in [0.15, 0.2) is 42.5 Å². The van der Waals surface area contributed by atoms with Crippen molar-refractivity contribution in [2.45, 2.75) is 19.5 Å². The first kappa shape index (κ1) is 18.2. The van der Waals surface area contributed by atoms with Crippen molar-refractivity contribution < 1.29 is 18.8 Å². The predicted octanol–water partition coefficient (Wildman–Crippen LogP) is 2.53. The molecule has 0 aromatic heterocycles. The van der Waals surface area contributed by atoms with Crippen molar-refractivity contribution in [3.8, 4) is 5.75 Å². The van der Waals surface area contributed by atoms with Crippen molar-refractivity contribution >= 4 is 23.2 Å². The van der Waals surface area contributed by atoms with Gasteiger partial charge in [0.25, 0.3) is 5.91 Å². The zero-order valence-corrected chi connectivity index (χ0v) is 14.7. The van der Waals surface area contributed by atoms with Gasteiger partial charge >= 0.3 is 0 Å². The number of halogens is 2. The number of quaternary nitrogens is 1. The van der Waals surface area contributed by atoms with Gasteiger partial charge in [-0.15, -0.1) is 0 Å². The number of carbonyl (C=O) groups is 1. The molecular weight excluding hydrogens is 331 g/mol. The number of anilines is 1. The lowest BCUT2D eigenvalue weighted by Crippen LogP contribution is -3.12. The Morgan fingerprint density at radius 3 is 2.75 bits per heavy atom. The van der Waals surface area contributed by atoms with E-state index in [1.165, 1.54) is 18.2 Å². The molecule has 2 aromatic carbocycles. The number of hydrogen-bond donors (Lipinski definition) is 2. The largest absolute Gasteiger partial charge is 0.497 e. The Morgan fingerprint density at radius 1 is 1.33 bits per heavy atom. The average Bonchev–Trinajstić information content (AvgIpc) is 2.56. The molecule has 2 atom stereocenters. The molecule has 1 unspecified atom stereocenters. The van der Waals surface area contributed by atoms with E-state index >= 15 is 0 Å². The van der Waals surface area contributed by atoms with Gasteiger partial charge in [-0.2, -0.15) is 0 Å². The summed E-state index contributed by atoms with van der Waals surface area (Å²) in [6, 6.07) is 11.3. The molecule has 2 rings (SSSR count). The Kier molecular flexibility index (Phi) is 6.17. The Bertz CT molecular complexity index is 724. The molecule has 24 heavy (non-hydrogen) atoms. The lowest BCUT2D eigenvalue weighted by Gasteiger charge is -2.21. The van der Waals surface area contributed by atoms with Crippen LogP contribution in [0.2, 0.25) is 5.02 Å². The van der Waals surface area contributed by atoms with Gasteiger partial charge in [0.15, 0.2) is 6.04 Å². The maximum atomic E-state index is 13.1. The Morgan fingerprint density at radius 2 is 2.08 bits per heavy atom. The van der Waals surface area contributed by atoms with Crippen LogP contribution in [0.3, 0.4) is 0 Å². The third-order valence-corrected chi connectivity index (χ3v) is 4.25. The van der Waals surface area contributed by atoms with Crippen LogP contribution in [0.4, 0.5) is 10.1 Å². The molecule has 0 aliphatic heterocycles. The number of likely N-dealkylation sites (N-methyl/N-ethyl adjacent to an activating group) is 1. The topological polar surface area (TPSA) is 42.8 Å². The monoisotopic (exact) mass is 351 g/mol. The summed E-state index contributed by atoms with van der Waals surface area (Å²) in [6.45, 7) is 2.51. The molecule has 0 fully saturated rings. The summed E-state index contributed by atoms with van der Waals surface area (Å²) in [6.07, 6.45) is 0. The van der Waals surface area contributed by atoms with E-state index in [0.29, 0.717) is 12.2 Å². The predicted molar refractivity (Wildman–Crippen MR) is 93.1 cm³/mol. The zero-order valence-electron chi connectivity index (χ0n) is 13.9. The highest BCUT2D eigenvalue weighted by atomic mass is 35.5. The summed E-state index contributed by atoms with van der Waals surface area (Å²) in [5, 5.41) is 2.92. The number of rotatable bonds is 6. The van der Waals surface area contributed by atoms with Crippen LogP contribution in [-0.4, -0.2) is 26.1 Å². The highest BCUT2D eigenvalue weighted by molar-refractivity contribution is 6.33. The zero-order chi connectivity index (χ0) is 17.7. The minimum absolute atomic E-state index is 0.177. The van der Waals surface area contributed by atoms with Gasteiger partial charge in [0, 0.05) is 5.56 Å². The van der Waals surface area contributed by atoms with E-state index in [1.807, 2.05) is 38.2 Å². The normalized spacial score (nSPS) is 13.2. The molecule has 0 bridgehead atoms. The fraction of sp³-hybridized carbons (Fsp3) is 0.278. The van der Waals surface area contributed by atoms with E-state index in [2.05, 4.69) is 5.32 Å². The molecule has 0 saturated heterocycles. The SMILES string of the molecule is COc1cccc(C[NH+](C)[C@H](C)C(=O)Nc2ccc(F)cc2Cl)c1. The summed E-state index contributed by atoms with van der Waals surface area (Å²) in [5.74, 6) is 0.172. The number of carbonyl (C=O) groups excluding carboxylic acids is 1. The Balaban J connectivity index is 2.01. The lowest BCUT2D eigenvalue weighted by atomic mass is 10.1. The molecule has 0 heterocycles. The fourth-order valence-electron chi connectivity index (χ4n) is 2.31. The van der Waals surface area contributed by atoms with Crippen LogP contribution in [0.25, 0.3) is 0 Å². The van der Waals surface area contributed by atoms with Gasteiger partial charge in [0.05, 0.1) is 24.9 Å². The second-order valence-corrected chi connectivity index (χ2v) is 6.12. The highest BCUT2D eigenvalue weighted by Crippen LogP contribution is 2.22. The van der Waals surface area contributed by atoms with Gasteiger partial charge in [-0.3, -0.25) is 4.79 Å². The van der Waals surface area contributed by atoms with E-state index in [0.717, 1.165) is 16.2 Å². The van der Waals surface area contributed by atoms with Gasteiger partial charge in [-0.25, -0.2) is 4.39 Å². The molecule has 2 N–H and O–H groups in total. The number of ether oxygens (including phenoxy) is 1. The molecule has 4 nitrogen and oxygen atoms in total. The number of nitrogens with one attached hydrogen (secondary N) is 2. The highest BCUT2D eigenvalue weighted by Gasteiger charge is 2.22. The Hall–Kier alpha value is -2.11. The second-order valence-electron chi connectivity index (χ2n) is 5.71. The summed E-state index contributed by atoms with van der Waals surface area (Å²) in [7, 11) is 3.56. The van der Waals surface area contributed by atoms with Gasteiger partial charge in [-0.05, 0) is 37.3 Å². The van der Waals surface area contributed by atoms with Crippen LogP contribution in [0.1, 0.15) is 12.5 Å². The molecular formula is C18H21ClFN2O2+. The summed E-state index contributed by atoms with van der Waals surface area (Å²) in [5.41, 5.74) is 1.48. The van der Waals surface area contributed by atoms with Crippen molar-refractivity contribution in [3.05, 3.63) is 58.9 Å². The maximum absolute atomic E-state index is 13.1. The van der Waals surface area contributed by atoms with E-state index in [9.17, 15) is 9.18 Å². The summed E-state index contributed by atoms with van der Waals surface area (Å²) in [4.78, 5) is 13.4. The molecule has 128 valence electrons. The van der Waals surface area contributed by atoms with Crippen molar-refractivity contribution in [1.82, 2.24) is 0 Å². The summed E-state index contributed by atoms with van der Waals surface area (Å²) >= 11 is 5.95. The van der Waals surface area contributed by atoms with Crippen molar-refractivity contribution in [2.75, 3.05) is 19.5 Å². The third-order valence-electron chi connectivity index (χ3n) is 3.94. The van der Waals surface area contributed by atoms with E-state index in [-0.39, 0.29) is 17.0 Å². The van der Waals surface area contributed by atoms with Crippen molar-refractivity contribution in [2.24, 2.45) is 0 Å². The van der Waals surface area contributed by atoms with Gasteiger partial charge in [0.1, 0.15) is 18.1 Å².